The minimum Gasteiger partial charge on any atom is -0.456 e. The summed E-state index contributed by atoms with van der Waals surface area (Å²) in [4.78, 5) is 26.4. The molecule has 1 aliphatic heterocycles. The fourth-order valence-electron chi connectivity index (χ4n) is 3.53. The molecule has 7 heteroatoms. The molecular formula is C24H22N2O5. The lowest BCUT2D eigenvalue weighted by molar-refractivity contribution is -0.385. The maximum absolute atomic E-state index is 13.7. The number of aryl methyl sites for hydroxylation is 1. The number of nitro benzene ring substituents is 1. The number of benzene rings is 3. The van der Waals surface area contributed by atoms with Crippen molar-refractivity contribution in [3.63, 3.8) is 0 Å². The molecule has 7 nitrogen and oxygen atoms in total. The number of nitro groups is 1. The maximum atomic E-state index is 13.7. The van der Waals surface area contributed by atoms with Gasteiger partial charge in [0.05, 0.1) is 22.7 Å². The van der Waals surface area contributed by atoms with Gasteiger partial charge in [-0.2, -0.15) is 0 Å². The van der Waals surface area contributed by atoms with E-state index in [4.69, 9.17) is 9.47 Å². The lowest BCUT2D eigenvalue weighted by Crippen LogP contribution is -2.31. The molecule has 0 bridgehead atoms. The molecule has 0 aromatic heterocycles. The van der Waals surface area contributed by atoms with Crippen molar-refractivity contribution in [1.29, 1.82) is 0 Å². The molecule has 3 aromatic carbocycles. The number of rotatable bonds is 6. The molecule has 0 fully saturated rings. The molecule has 0 spiro atoms. The van der Waals surface area contributed by atoms with Crippen LogP contribution >= 0.6 is 0 Å². The summed E-state index contributed by atoms with van der Waals surface area (Å²) in [6, 6.07) is 17.0. The van der Waals surface area contributed by atoms with E-state index in [2.05, 4.69) is 0 Å². The first-order chi connectivity index (χ1) is 15.0. The third-order valence-corrected chi connectivity index (χ3v) is 5.05. The van der Waals surface area contributed by atoms with Crippen LogP contribution in [0.4, 0.5) is 11.4 Å². The quantitative estimate of drug-likeness (QED) is 0.349. The van der Waals surface area contributed by atoms with Crippen molar-refractivity contribution in [3.05, 3.63) is 81.9 Å². The van der Waals surface area contributed by atoms with E-state index in [1.54, 1.807) is 29.2 Å². The second-order valence-electron chi connectivity index (χ2n) is 7.37. The highest BCUT2D eigenvalue weighted by Crippen LogP contribution is 2.45. The number of amides is 1. The second kappa shape index (κ2) is 8.47. The first-order valence-electron chi connectivity index (χ1n) is 10.1. The number of carbonyl (C=O) groups excluding carboxylic acids is 1. The Hall–Kier alpha value is -3.87. The van der Waals surface area contributed by atoms with Gasteiger partial charge in [0.15, 0.2) is 17.2 Å². The lowest BCUT2D eigenvalue weighted by atomic mass is 10.1. The maximum Gasteiger partial charge on any atom is 0.276 e. The van der Waals surface area contributed by atoms with Gasteiger partial charge in [0.1, 0.15) is 11.3 Å². The smallest absolute Gasteiger partial charge is 0.276 e. The summed E-state index contributed by atoms with van der Waals surface area (Å²) < 4.78 is 12.0. The van der Waals surface area contributed by atoms with E-state index < -0.39 is 4.92 Å². The largest absolute Gasteiger partial charge is 0.456 e. The van der Waals surface area contributed by atoms with E-state index >= 15 is 0 Å². The number of nitrogens with zero attached hydrogens (tertiary/aromatic N) is 2. The average molecular weight is 418 g/mol. The number of para-hydroxylation sites is 2. The first-order valence-corrected chi connectivity index (χ1v) is 10.1. The van der Waals surface area contributed by atoms with Gasteiger partial charge in [0.2, 0.25) is 0 Å². The van der Waals surface area contributed by atoms with Crippen LogP contribution in [0.25, 0.3) is 0 Å². The monoisotopic (exact) mass is 418 g/mol. The average Bonchev–Trinajstić information content (AvgIpc) is 2.86. The van der Waals surface area contributed by atoms with Gasteiger partial charge in [-0.05, 0) is 43.2 Å². The van der Waals surface area contributed by atoms with Gasteiger partial charge in [-0.25, -0.2) is 0 Å². The van der Waals surface area contributed by atoms with Gasteiger partial charge < -0.3 is 14.4 Å². The first kappa shape index (κ1) is 20.4. The molecule has 1 heterocycles. The molecule has 0 unspecified atom stereocenters. The van der Waals surface area contributed by atoms with Crippen molar-refractivity contribution in [1.82, 2.24) is 0 Å². The summed E-state index contributed by atoms with van der Waals surface area (Å²) >= 11 is 0. The number of hydrogen-bond donors (Lipinski definition) is 0. The Bertz CT molecular complexity index is 1160. The van der Waals surface area contributed by atoms with Crippen molar-refractivity contribution in [3.8, 4) is 23.0 Å². The van der Waals surface area contributed by atoms with Crippen LogP contribution < -0.4 is 14.4 Å². The normalized spacial score (nSPS) is 12.5. The topological polar surface area (TPSA) is 81.9 Å². The predicted molar refractivity (Wildman–Crippen MR) is 117 cm³/mol. The SMILES string of the molecule is CCCCN1C(=O)c2c(Oc3cccc(C)c3)cc([N+](=O)[O-])cc2Oc2ccccc21. The summed E-state index contributed by atoms with van der Waals surface area (Å²) in [5.41, 5.74) is 1.54. The number of fused-ring (bicyclic) bond motifs is 2. The third kappa shape index (κ3) is 4.07. The van der Waals surface area contributed by atoms with Crippen LogP contribution in [-0.2, 0) is 0 Å². The molecule has 0 aliphatic carbocycles. The van der Waals surface area contributed by atoms with E-state index in [9.17, 15) is 14.9 Å². The van der Waals surface area contributed by atoms with Crippen LogP contribution in [0.1, 0.15) is 35.7 Å². The number of hydrogen-bond acceptors (Lipinski definition) is 5. The Balaban J connectivity index is 1.89. The summed E-state index contributed by atoms with van der Waals surface area (Å²) in [5.74, 6) is 0.832. The molecule has 1 aliphatic rings. The van der Waals surface area contributed by atoms with E-state index in [0.717, 1.165) is 18.4 Å². The molecule has 0 saturated heterocycles. The van der Waals surface area contributed by atoms with Crippen LogP contribution in [0.15, 0.2) is 60.7 Å². The number of carbonyl (C=O) groups is 1. The minimum atomic E-state index is -0.525. The fourth-order valence-corrected chi connectivity index (χ4v) is 3.53. The molecule has 0 N–H and O–H groups in total. The van der Waals surface area contributed by atoms with Crippen molar-refractivity contribution in [2.24, 2.45) is 0 Å². The zero-order chi connectivity index (χ0) is 22.0. The van der Waals surface area contributed by atoms with Crippen LogP contribution in [0.2, 0.25) is 0 Å². The molecule has 158 valence electrons. The van der Waals surface area contributed by atoms with Crippen molar-refractivity contribution < 1.29 is 19.2 Å². The van der Waals surface area contributed by atoms with Crippen molar-refractivity contribution in [2.75, 3.05) is 11.4 Å². The summed E-state index contributed by atoms with van der Waals surface area (Å²) in [5, 5.41) is 11.6. The van der Waals surface area contributed by atoms with E-state index in [1.165, 1.54) is 12.1 Å². The number of non-ortho nitro benzene ring substituents is 1. The molecule has 31 heavy (non-hydrogen) atoms. The number of ether oxygens (including phenoxy) is 2. The molecule has 0 saturated carbocycles. The van der Waals surface area contributed by atoms with Crippen molar-refractivity contribution in [2.45, 2.75) is 26.7 Å². The minimum absolute atomic E-state index is 0.0918. The highest BCUT2D eigenvalue weighted by Gasteiger charge is 2.33. The Morgan fingerprint density at radius 1 is 1.06 bits per heavy atom. The van der Waals surface area contributed by atoms with E-state index in [0.29, 0.717) is 23.7 Å². The highest BCUT2D eigenvalue weighted by molar-refractivity contribution is 6.11. The Morgan fingerprint density at radius 2 is 1.87 bits per heavy atom. The molecule has 3 aromatic rings. The van der Waals surface area contributed by atoms with Gasteiger partial charge in [0.25, 0.3) is 11.6 Å². The molecule has 4 rings (SSSR count). The Morgan fingerprint density at radius 3 is 2.61 bits per heavy atom. The Labute approximate surface area is 180 Å². The molecular weight excluding hydrogens is 396 g/mol. The second-order valence-corrected chi connectivity index (χ2v) is 7.37. The summed E-state index contributed by atoms with van der Waals surface area (Å²) in [6.45, 7) is 4.46. The Kier molecular flexibility index (Phi) is 5.58. The fraction of sp³-hybridized carbons (Fsp3) is 0.208. The standard InChI is InChI=1S/C24H22N2O5/c1-3-4-12-25-19-10-5-6-11-20(19)31-22-15-17(26(28)29)14-21(23(22)24(25)27)30-18-9-7-8-16(2)13-18/h5-11,13-15H,3-4,12H2,1-2H3. The highest BCUT2D eigenvalue weighted by atomic mass is 16.6. The van der Waals surface area contributed by atoms with Crippen LogP contribution in [0, 0.1) is 17.0 Å². The van der Waals surface area contributed by atoms with Gasteiger partial charge in [-0.3, -0.25) is 14.9 Å². The van der Waals surface area contributed by atoms with Gasteiger partial charge in [-0.15, -0.1) is 0 Å². The third-order valence-electron chi connectivity index (χ3n) is 5.05. The van der Waals surface area contributed by atoms with E-state index in [1.807, 2.05) is 38.1 Å². The number of anilines is 1. The zero-order valence-electron chi connectivity index (χ0n) is 17.3. The van der Waals surface area contributed by atoms with E-state index in [-0.39, 0.29) is 28.7 Å². The predicted octanol–water partition coefficient (Wildman–Crippen LogP) is 6.25. The summed E-state index contributed by atoms with van der Waals surface area (Å²) in [6.07, 6.45) is 1.71. The molecule has 0 radical (unpaired) electrons. The van der Waals surface area contributed by atoms with Gasteiger partial charge in [0, 0.05) is 6.54 Å². The van der Waals surface area contributed by atoms with Gasteiger partial charge in [-0.1, -0.05) is 37.6 Å². The molecule has 0 atom stereocenters. The van der Waals surface area contributed by atoms with Crippen LogP contribution in [0.3, 0.4) is 0 Å². The number of unbranched alkanes of at least 4 members (excludes halogenated alkanes) is 1. The van der Waals surface area contributed by atoms with Crippen LogP contribution in [0.5, 0.6) is 23.0 Å². The lowest BCUT2D eigenvalue weighted by Gasteiger charge is -2.22. The van der Waals surface area contributed by atoms with Crippen LogP contribution in [-0.4, -0.2) is 17.4 Å². The molecule has 1 amide bonds. The van der Waals surface area contributed by atoms with Crippen molar-refractivity contribution >= 4 is 17.3 Å². The zero-order valence-corrected chi connectivity index (χ0v) is 17.3. The van der Waals surface area contributed by atoms with Gasteiger partial charge >= 0.3 is 0 Å². The summed E-state index contributed by atoms with van der Waals surface area (Å²) in [7, 11) is 0.